The van der Waals surface area contributed by atoms with Crippen molar-refractivity contribution in [3.05, 3.63) is 47.7 Å². The van der Waals surface area contributed by atoms with E-state index in [1.54, 1.807) is 0 Å². The van der Waals surface area contributed by atoms with Crippen molar-refractivity contribution in [2.75, 3.05) is 32.8 Å². The van der Waals surface area contributed by atoms with Crippen molar-refractivity contribution in [1.82, 2.24) is 9.96 Å². The molecule has 2 fully saturated rings. The van der Waals surface area contributed by atoms with E-state index in [9.17, 15) is 10.0 Å². The summed E-state index contributed by atoms with van der Waals surface area (Å²) in [7, 11) is 0. The lowest BCUT2D eigenvalue weighted by Crippen LogP contribution is -2.45. The van der Waals surface area contributed by atoms with Gasteiger partial charge in [-0.15, -0.1) is 0 Å². The number of aliphatic imine (C=N–C) groups is 1. The average Bonchev–Trinajstić information content (AvgIpc) is 3.17. The zero-order chi connectivity index (χ0) is 18.7. The molecule has 3 aliphatic rings. The van der Waals surface area contributed by atoms with Crippen molar-refractivity contribution in [2.24, 2.45) is 4.99 Å². The molecular weight excluding hydrogens is 346 g/mol. The van der Waals surface area contributed by atoms with Crippen LogP contribution in [0.15, 0.2) is 47.1 Å². The van der Waals surface area contributed by atoms with E-state index in [-0.39, 0.29) is 6.54 Å². The summed E-state index contributed by atoms with van der Waals surface area (Å²) in [4.78, 5) is 19.2. The summed E-state index contributed by atoms with van der Waals surface area (Å²) in [6, 6.07) is 9.40. The molecule has 0 unspecified atom stereocenters. The van der Waals surface area contributed by atoms with Gasteiger partial charge in [-0.05, 0) is 11.6 Å². The number of likely N-dealkylation sites (tertiary alicyclic amines) is 1. The molecule has 0 aromatic heterocycles. The number of hydroxylamine groups is 2. The molecule has 27 heavy (non-hydrogen) atoms. The Hall–Kier alpha value is -2.22. The first kappa shape index (κ1) is 18.2. The Morgan fingerprint density at radius 3 is 2.59 bits per heavy atom. The van der Waals surface area contributed by atoms with Gasteiger partial charge in [0.2, 0.25) is 0 Å². The van der Waals surface area contributed by atoms with Crippen molar-refractivity contribution >= 4 is 11.6 Å². The Bertz CT molecular complexity index is 731. The van der Waals surface area contributed by atoms with Gasteiger partial charge in [0.1, 0.15) is 5.71 Å². The molecule has 144 valence electrons. The number of nitrogens with zero attached hydrogens (tertiary/aromatic N) is 3. The van der Waals surface area contributed by atoms with E-state index in [1.807, 2.05) is 36.4 Å². The van der Waals surface area contributed by atoms with Crippen LogP contribution in [-0.2, 0) is 20.8 Å². The molecule has 1 spiro atoms. The maximum absolute atomic E-state index is 12.6. The van der Waals surface area contributed by atoms with E-state index in [0.717, 1.165) is 48.7 Å². The van der Waals surface area contributed by atoms with Crippen LogP contribution in [0.1, 0.15) is 24.8 Å². The van der Waals surface area contributed by atoms with Gasteiger partial charge in [0.15, 0.2) is 5.79 Å². The molecule has 4 rings (SSSR count). The quantitative estimate of drug-likeness (QED) is 0.647. The summed E-state index contributed by atoms with van der Waals surface area (Å²) in [6.45, 7) is 3.70. The maximum Gasteiger partial charge on any atom is 0.295 e. The summed E-state index contributed by atoms with van der Waals surface area (Å²) >= 11 is 0. The minimum atomic E-state index is -0.466. The molecule has 1 amide bonds. The van der Waals surface area contributed by atoms with Gasteiger partial charge in [0, 0.05) is 44.6 Å². The van der Waals surface area contributed by atoms with Gasteiger partial charge in [-0.3, -0.25) is 15.0 Å². The van der Waals surface area contributed by atoms with Crippen LogP contribution in [0.5, 0.6) is 0 Å². The predicted octanol–water partition coefficient (Wildman–Crippen LogP) is 1.97. The molecule has 0 aliphatic carbocycles. The monoisotopic (exact) mass is 371 g/mol. The zero-order valence-corrected chi connectivity index (χ0v) is 15.3. The third-order valence-electron chi connectivity index (χ3n) is 5.33. The van der Waals surface area contributed by atoms with Crippen LogP contribution in [0.2, 0.25) is 0 Å². The molecule has 1 aromatic rings. The summed E-state index contributed by atoms with van der Waals surface area (Å²) in [6.07, 6.45) is 4.26. The van der Waals surface area contributed by atoms with Crippen molar-refractivity contribution in [1.29, 1.82) is 0 Å². The van der Waals surface area contributed by atoms with Crippen LogP contribution < -0.4 is 0 Å². The van der Waals surface area contributed by atoms with Gasteiger partial charge < -0.3 is 14.4 Å². The average molecular weight is 371 g/mol. The number of ether oxygens (including phenoxy) is 2. The minimum absolute atomic E-state index is 0.142. The standard InChI is InChI=1S/C20H25N3O4/c24-19(23(25)15-16-4-2-1-3-5-16)18-14-17(6-9-21-18)22-10-7-20(8-11-22)26-12-13-27-20/h1-5,14,25H,6-13,15H2. The molecule has 1 N–H and O–H groups in total. The number of benzene rings is 1. The molecule has 0 saturated carbocycles. The van der Waals surface area contributed by atoms with E-state index in [4.69, 9.17) is 9.47 Å². The first-order chi connectivity index (χ1) is 13.2. The predicted molar refractivity (Wildman–Crippen MR) is 99.2 cm³/mol. The highest BCUT2D eigenvalue weighted by Crippen LogP contribution is 2.33. The van der Waals surface area contributed by atoms with Crippen LogP contribution >= 0.6 is 0 Å². The Kier molecular flexibility index (Phi) is 5.24. The van der Waals surface area contributed by atoms with E-state index >= 15 is 0 Å². The lowest BCUT2D eigenvalue weighted by molar-refractivity contribution is -0.182. The van der Waals surface area contributed by atoms with Crippen LogP contribution in [0.3, 0.4) is 0 Å². The van der Waals surface area contributed by atoms with Crippen LogP contribution in [0.25, 0.3) is 0 Å². The third kappa shape index (κ3) is 4.05. The molecule has 7 heteroatoms. The van der Waals surface area contributed by atoms with E-state index in [2.05, 4.69) is 9.89 Å². The van der Waals surface area contributed by atoms with Gasteiger partial charge in [-0.1, -0.05) is 30.3 Å². The fourth-order valence-corrected chi connectivity index (χ4v) is 3.83. The first-order valence-corrected chi connectivity index (χ1v) is 9.48. The molecule has 3 heterocycles. The largest absolute Gasteiger partial charge is 0.374 e. The summed E-state index contributed by atoms with van der Waals surface area (Å²) < 4.78 is 11.6. The molecule has 3 aliphatic heterocycles. The van der Waals surface area contributed by atoms with Gasteiger partial charge >= 0.3 is 0 Å². The maximum atomic E-state index is 12.6. The second-order valence-electron chi connectivity index (χ2n) is 7.10. The van der Waals surface area contributed by atoms with Crippen molar-refractivity contribution in [3.8, 4) is 0 Å². The Morgan fingerprint density at radius 2 is 1.89 bits per heavy atom. The second kappa shape index (κ2) is 7.80. The molecule has 0 bridgehead atoms. The Morgan fingerprint density at radius 1 is 1.19 bits per heavy atom. The number of hydrogen-bond acceptors (Lipinski definition) is 6. The number of dihydropyridines is 1. The molecule has 0 atom stereocenters. The van der Waals surface area contributed by atoms with E-state index in [1.165, 1.54) is 0 Å². The van der Waals surface area contributed by atoms with Crippen molar-refractivity contribution in [2.45, 2.75) is 31.6 Å². The lowest BCUT2D eigenvalue weighted by Gasteiger charge is -2.40. The Labute approximate surface area is 158 Å². The number of amides is 1. The topological polar surface area (TPSA) is 74.6 Å². The molecule has 0 radical (unpaired) electrons. The second-order valence-corrected chi connectivity index (χ2v) is 7.10. The van der Waals surface area contributed by atoms with Crippen LogP contribution in [0.4, 0.5) is 0 Å². The van der Waals surface area contributed by atoms with Crippen molar-refractivity contribution in [3.63, 3.8) is 0 Å². The van der Waals surface area contributed by atoms with Gasteiger partial charge in [0.25, 0.3) is 5.91 Å². The fourth-order valence-electron chi connectivity index (χ4n) is 3.83. The van der Waals surface area contributed by atoms with Crippen LogP contribution in [-0.4, -0.2) is 65.4 Å². The number of rotatable bonds is 4. The molecule has 2 saturated heterocycles. The van der Waals surface area contributed by atoms with E-state index in [0.29, 0.717) is 25.5 Å². The molecular formula is C20H25N3O4. The molecule has 1 aromatic carbocycles. The van der Waals surface area contributed by atoms with Gasteiger partial charge in [0.05, 0.1) is 19.8 Å². The smallest absolute Gasteiger partial charge is 0.295 e. The summed E-state index contributed by atoms with van der Waals surface area (Å²) in [5.74, 6) is -0.872. The zero-order valence-electron chi connectivity index (χ0n) is 15.3. The highest BCUT2D eigenvalue weighted by Gasteiger charge is 2.40. The van der Waals surface area contributed by atoms with E-state index < -0.39 is 11.7 Å². The van der Waals surface area contributed by atoms with Gasteiger partial charge in [-0.25, -0.2) is 5.06 Å². The third-order valence-corrected chi connectivity index (χ3v) is 5.33. The highest BCUT2D eigenvalue weighted by atomic mass is 16.7. The SMILES string of the molecule is O=C(C1=NCCC(N2CCC3(CC2)OCCO3)=C1)N(O)Cc1ccccc1. The fraction of sp³-hybridized carbons (Fsp3) is 0.500. The number of hydrogen-bond donors (Lipinski definition) is 1. The van der Waals surface area contributed by atoms with Gasteiger partial charge in [-0.2, -0.15) is 0 Å². The minimum Gasteiger partial charge on any atom is -0.374 e. The lowest BCUT2D eigenvalue weighted by atomic mass is 10.0. The highest BCUT2D eigenvalue weighted by molar-refractivity contribution is 6.43. The number of carbonyl (C=O) groups excluding carboxylic acids is 1. The number of piperidine rings is 1. The number of carbonyl (C=O) groups is 1. The summed E-state index contributed by atoms with van der Waals surface area (Å²) in [5.41, 5.74) is 2.27. The summed E-state index contributed by atoms with van der Waals surface area (Å²) in [5, 5.41) is 10.9. The normalized spacial score (nSPS) is 21.7. The van der Waals surface area contributed by atoms with Crippen molar-refractivity contribution < 1.29 is 19.5 Å². The first-order valence-electron chi connectivity index (χ1n) is 9.48. The molecule has 7 nitrogen and oxygen atoms in total. The van der Waals surface area contributed by atoms with Crippen LogP contribution in [0, 0.1) is 0 Å². The Balaban J connectivity index is 1.38.